The van der Waals surface area contributed by atoms with Crippen LogP contribution in [-0.4, -0.2) is 7.05 Å². The van der Waals surface area contributed by atoms with Crippen molar-refractivity contribution < 1.29 is 0 Å². The minimum Gasteiger partial charge on any atom is -0.310 e. The predicted molar refractivity (Wildman–Crippen MR) is 45.3 cm³/mol. The van der Waals surface area contributed by atoms with E-state index in [1.165, 1.54) is 11.1 Å². The Morgan fingerprint density at radius 1 is 1.27 bits per heavy atom. The van der Waals surface area contributed by atoms with E-state index in [1.807, 2.05) is 0 Å². The van der Waals surface area contributed by atoms with Gasteiger partial charge in [-0.25, -0.2) is 5.84 Å². The van der Waals surface area contributed by atoms with Crippen molar-refractivity contribution in [1.29, 1.82) is 0 Å². The summed E-state index contributed by atoms with van der Waals surface area (Å²) in [7, 11) is 1.64. The quantitative estimate of drug-likeness (QED) is 0.464. The van der Waals surface area contributed by atoms with Crippen molar-refractivity contribution in [3.8, 4) is 0 Å². The molecular weight excluding hydrogens is 140 g/mol. The first-order valence-electron chi connectivity index (χ1n) is 3.29. The SMILES string of the molecule is CN(N)c1cccccc1=O. The van der Waals surface area contributed by atoms with Crippen molar-refractivity contribution >= 4 is 5.69 Å². The molecular formula is C8H10N2O. The van der Waals surface area contributed by atoms with E-state index in [0.717, 1.165) is 0 Å². The molecule has 0 bridgehead atoms. The predicted octanol–water partition coefficient (Wildman–Crippen LogP) is 0.357. The number of hydrogen-bond donors (Lipinski definition) is 1. The van der Waals surface area contributed by atoms with Gasteiger partial charge in [-0.15, -0.1) is 0 Å². The van der Waals surface area contributed by atoms with Crippen LogP contribution in [0.1, 0.15) is 0 Å². The number of hydrazine groups is 1. The molecule has 1 aromatic carbocycles. The third-order valence-electron chi connectivity index (χ3n) is 1.36. The van der Waals surface area contributed by atoms with Gasteiger partial charge in [0.25, 0.3) is 0 Å². The molecule has 2 N–H and O–H groups in total. The Morgan fingerprint density at radius 2 is 1.91 bits per heavy atom. The summed E-state index contributed by atoms with van der Waals surface area (Å²) in [5, 5.41) is 1.31. The van der Waals surface area contributed by atoms with Crippen LogP contribution in [0, 0.1) is 0 Å². The minimum absolute atomic E-state index is 0.0694. The molecule has 0 fully saturated rings. The first-order chi connectivity index (χ1) is 5.22. The summed E-state index contributed by atoms with van der Waals surface area (Å²) in [6.45, 7) is 0. The molecule has 0 aliphatic carbocycles. The molecule has 1 rings (SSSR count). The highest BCUT2D eigenvalue weighted by molar-refractivity contribution is 5.42. The van der Waals surface area contributed by atoms with E-state index >= 15 is 0 Å². The van der Waals surface area contributed by atoms with Crippen molar-refractivity contribution in [2.75, 3.05) is 12.1 Å². The fourth-order valence-electron chi connectivity index (χ4n) is 0.813. The second-order valence-corrected chi connectivity index (χ2v) is 2.27. The van der Waals surface area contributed by atoms with Crippen LogP contribution in [0.25, 0.3) is 0 Å². The number of rotatable bonds is 1. The molecule has 0 heterocycles. The average molecular weight is 150 g/mol. The molecule has 3 heteroatoms. The van der Waals surface area contributed by atoms with Crippen LogP contribution in [0.5, 0.6) is 0 Å². The van der Waals surface area contributed by atoms with Gasteiger partial charge in [-0.2, -0.15) is 0 Å². The molecule has 0 unspecified atom stereocenters. The fourth-order valence-corrected chi connectivity index (χ4v) is 0.813. The molecule has 0 amide bonds. The Labute approximate surface area is 65.0 Å². The molecule has 1 aromatic rings. The maximum atomic E-state index is 11.1. The number of hydrogen-bond acceptors (Lipinski definition) is 3. The molecule has 0 spiro atoms. The molecule has 0 aliphatic rings. The lowest BCUT2D eigenvalue weighted by molar-refractivity contribution is 1.01. The Hall–Kier alpha value is -1.35. The van der Waals surface area contributed by atoms with Gasteiger partial charge in [0.15, 0.2) is 0 Å². The van der Waals surface area contributed by atoms with Crippen LogP contribution >= 0.6 is 0 Å². The monoisotopic (exact) mass is 150 g/mol. The zero-order valence-electron chi connectivity index (χ0n) is 6.32. The van der Waals surface area contributed by atoms with E-state index in [1.54, 1.807) is 31.3 Å². The molecule has 0 aromatic heterocycles. The molecule has 11 heavy (non-hydrogen) atoms. The van der Waals surface area contributed by atoms with Gasteiger partial charge in [0.2, 0.25) is 5.43 Å². The van der Waals surface area contributed by atoms with Gasteiger partial charge in [-0.1, -0.05) is 18.2 Å². The van der Waals surface area contributed by atoms with Crippen LogP contribution in [0.2, 0.25) is 0 Å². The number of anilines is 1. The second-order valence-electron chi connectivity index (χ2n) is 2.27. The van der Waals surface area contributed by atoms with E-state index in [2.05, 4.69) is 0 Å². The smallest absolute Gasteiger partial charge is 0.203 e. The molecule has 0 radical (unpaired) electrons. The van der Waals surface area contributed by atoms with E-state index < -0.39 is 0 Å². The highest BCUT2D eigenvalue weighted by atomic mass is 16.1. The van der Waals surface area contributed by atoms with E-state index in [9.17, 15) is 4.79 Å². The van der Waals surface area contributed by atoms with Gasteiger partial charge in [0.05, 0.1) is 5.69 Å². The lowest BCUT2D eigenvalue weighted by Crippen LogP contribution is -2.29. The standard InChI is InChI=1S/C8H10N2O/c1-10(9)7-5-3-2-4-6-8(7)11/h2-6H,9H2,1H3. The van der Waals surface area contributed by atoms with Gasteiger partial charge in [0.1, 0.15) is 0 Å². The van der Waals surface area contributed by atoms with Crippen LogP contribution in [-0.2, 0) is 0 Å². The number of nitrogens with two attached hydrogens (primary N) is 1. The zero-order valence-corrected chi connectivity index (χ0v) is 6.32. The topological polar surface area (TPSA) is 46.3 Å². The largest absolute Gasteiger partial charge is 0.310 e. The summed E-state index contributed by atoms with van der Waals surface area (Å²) >= 11 is 0. The van der Waals surface area contributed by atoms with Crippen molar-refractivity contribution in [1.82, 2.24) is 0 Å². The zero-order chi connectivity index (χ0) is 8.27. The van der Waals surface area contributed by atoms with Crippen molar-refractivity contribution in [3.63, 3.8) is 0 Å². The Bertz CT molecular complexity index is 296. The summed E-state index contributed by atoms with van der Waals surface area (Å²) in [6.07, 6.45) is 0. The van der Waals surface area contributed by atoms with Crippen molar-refractivity contribution in [3.05, 3.63) is 40.6 Å². The van der Waals surface area contributed by atoms with E-state index in [0.29, 0.717) is 5.69 Å². The maximum absolute atomic E-state index is 11.1. The summed E-state index contributed by atoms with van der Waals surface area (Å²) in [4.78, 5) is 11.1. The molecule has 0 aliphatic heterocycles. The highest BCUT2D eigenvalue weighted by Crippen LogP contribution is 1.97. The minimum atomic E-state index is -0.0694. The lowest BCUT2D eigenvalue weighted by atomic mass is 10.4. The van der Waals surface area contributed by atoms with Crippen LogP contribution in [0.15, 0.2) is 35.1 Å². The lowest BCUT2D eigenvalue weighted by Gasteiger charge is -2.07. The molecule has 58 valence electrons. The summed E-state index contributed by atoms with van der Waals surface area (Å²) in [5.74, 6) is 5.40. The average Bonchev–Trinajstić information content (AvgIpc) is 2.13. The van der Waals surface area contributed by atoms with Gasteiger partial charge >= 0.3 is 0 Å². The normalized spacial score (nSPS) is 9.27. The highest BCUT2D eigenvalue weighted by Gasteiger charge is 1.95. The molecule has 0 saturated heterocycles. The van der Waals surface area contributed by atoms with E-state index in [4.69, 9.17) is 5.84 Å². The summed E-state index contributed by atoms with van der Waals surface area (Å²) < 4.78 is 0. The Morgan fingerprint density at radius 3 is 2.55 bits per heavy atom. The first kappa shape index (κ1) is 7.75. The van der Waals surface area contributed by atoms with Crippen LogP contribution < -0.4 is 16.3 Å². The second kappa shape index (κ2) is 3.16. The van der Waals surface area contributed by atoms with Crippen LogP contribution in [0.3, 0.4) is 0 Å². The summed E-state index contributed by atoms with van der Waals surface area (Å²) in [5.41, 5.74) is 0.426. The Balaban J connectivity index is 3.29. The maximum Gasteiger partial charge on any atom is 0.203 e. The first-order valence-corrected chi connectivity index (χ1v) is 3.29. The molecule has 0 atom stereocenters. The fraction of sp³-hybridized carbons (Fsp3) is 0.125. The molecule has 3 nitrogen and oxygen atoms in total. The van der Waals surface area contributed by atoms with Crippen molar-refractivity contribution in [2.45, 2.75) is 0 Å². The van der Waals surface area contributed by atoms with E-state index in [-0.39, 0.29) is 5.43 Å². The van der Waals surface area contributed by atoms with Gasteiger partial charge < -0.3 is 5.01 Å². The van der Waals surface area contributed by atoms with Gasteiger partial charge in [-0.05, 0) is 12.1 Å². The van der Waals surface area contributed by atoms with Gasteiger partial charge in [-0.3, -0.25) is 4.79 Å². The van der Waals surface area contributed by atoms with Crippen LogP contribution in [0.4, 0.5) is 5.69 Å². The van der Waals surface area contributed by atoms with Crippen molar-refractivity contribution in [2.24, 2.45) is 5.84 Å². The summed E-state index contributed by atoms with van der Waals surface area (Å²) in [6, 6.07) is 8.42. The molecule has 0 saturated carbocycles. The third-order valence-corrected chi connectivity index (χ3v) is 1.36. The number of nitrogens with zero attached hydrogens (tertiary/aromatic N) is 1. The Kier molecular flexibility index (Phi) is 2.23. The van der Waals surface area contributed by atoms with Gasteiger partial charge in [0, 0.05) is 7.05 Å². The third kappa shape index (κ3) is 1.78.